The third kappa shape index (κ3) is 3.00. The number of para-hydroxylation sites is 1. The lowest BCUT2D eigenvalue weighted by atomic mass is 10.0. The predicted molar refractivity (Wildman–Crippen MR) is 114 cm³/mol. The second-order valence-electron chi connectivity index (χ2n) is 6.31. The summed E-state index contributed by atoms with van der Waals surface area (Å²) in [5, 5.41) is 9.05. The van der Waals surface area contributed by atoms with Crippen LogP contribution in [-0.2, 0) is 0 Å². The van der Waals surface area contributed by atoms with Gasteiger partial charge >= 0.3 is 0 Å². The van der Waals surface area contributed by atoms with Crippen molar-refractivity contribution in [3.8, 4) is 0 Å². The first-order chi connectivity index (χ1) is 13.8. The molecule has 0 N–H and O–H groups in total. The number of thioether (sulfide) groups is 1. The van der Waals surface area contributed by atoms with E-state index >= 15 is 0 Å². The molecule has 136 valence electrons. The maximum atomic E-state index is 13.3. The normalized spacial score (nSPS) is 12.4. The van der Waals surface area contributed by atoms with E-state index in [1.54, 1.807) is 11.3 Å². The minimum atomic E-state index is -0.394. The summed E-state index contributed by atoms with van der Waals surface area (Å²) in [5.41, 5.74) is 2.71. The highest BCUT2D eigenvalue weighted by molar-refractivity contribution is 8.00. The number of nitrogens with zero attached hydrogens (tertiary/aromatic N) is 3. The van der Waals surface area contributed by atoms with Gasteiger partial charge in [0.05, 0.1) is 10.2 Å². The molecule has 5 aromatic rings. The summed E-state index contributed by atoms with van der Waals surface area (Å²) in [4.78, 5) is 14.2. The first-order valence-corrected chi connectivity index (χ1v) is 10.5. The van der Waals surface area contributed by atoms with E-state index in [1.165, 1.54) is 11.8 Å². The van der Waals surface area contributed by atoms with Crippen LogP contribution in [-0.4, -0.2) is 20.4 Å². The van der Waals surface area contributed by atoms with Gasteiger partial charge in [0.15, 0.2) is 10.9 Å². The second kappa shape index (κ2) is 7.22. The fourth-order valence-corrected chi connectivity index (χ4v) is 5.34. The Hall–Kier alpha value is -2.96. The highest BCUT2D eigenvalue weighted by atomic mass is 32.2. The highest BCUT2D eigenvalue weighted by Crippen LogP contribution is 2.39. The van der Waals surface area contributed by atoms with Gasteiger partial charge in [0.1, 0.15) is 5.25 Å². The van der Waals surface area contributed by atoms with Crippen LogP contribution in [0.2, 0.25) is 0 Å². The first kappa shape index (κ1) is 17.2. The van der Waals surface area contributed by atoms with E-state index in [0.29, 0.717) is 5.56 Å². The molecule has 6 heteroatoms. The molecule has 0 amide bonds. The number of hydrogen-bond acceptors (Lipinski definition) is 5. The van der Waals surface area contributed by atoms with Crippen molar-refractivity contribution < 1.29 is 4.79 Å². The zero-order chi connectivity index (χ0) is 18.9. The molecule has 0 aliphatic carbocycles. The largest absolute Gasteiger partial charge is 0.293 e. The monoisotopic (exact) mass is 401 g/mol. The fourth-order valence-electron chi connectivity index (χ4n) is 3.19. The van der Waals surface area contributed by atoms with Gasteiger partial charge in [-0.2, -0.15) is 0 Å². The minimum absolute atomic E-state index is 0.0630. The Morgan fingerprint density at radius 3 is 2.32 bits per heavy atom. The zero-order valence-electron chi connectivity index (χ0n) is 14.7. The number of ketones is 1. The Morgan fingerprint density at radius 2 is 1.54 bits per heavy atom. The maximum Gasteiger partial charge on any atom is 0.217 e. The van der Waals surface area contributed by atoms with Crippen molar-refractivity contribution in [2.75, 3.05) is 0 Å². The van der Waals surface area contributed by atoms with Gasteiger partial charge in [-0.15, -0.1) is 10.2 Å². The van der Waals surface area contributed by atoms with E-state index in [-0.39, 0.29) is 5.78 Å². The van der Waals surface area contributed by atoms with Gasteiger partial charge in [-0.1, -0.05) is 95.9 Å². The third-order valence-electron chi connectivity index (χ3n) is 4.53. The quantitative estimate of drug-likeness (QED) is 0.282. The smallest absolute Gasteiger partial charge is 0.217 e. The van der Waals surface area contributed by atoms with Gasteiger partial charge in [0, 0.05) is 5.56 Å². The standard InChI is InChI=1S/C22H15N3OS2/c26-19(15-9-3-1-4-10-15)20(16-11-5-2-6-12-16)28-22-24-23-21-25(22)17-13-7-8-14-18(17)27-21/h1-14,20H/t20-/m0/s1. The van der Waals surface area contributed by atoms with Crippen molar-refractivity contribution in [2.45, 2.75) is 10.4 Å². The van der Waals surface area contributed by atoms with Crippen molar-refractivity contribution >= 4 is 44.1 Å². The Morgan fingerprint density at radius 1 is 0.857 bits per heavy atom. The number of hydrogen-bond donors (Lipinski definition) is 0. The number of aromatic nitrogens is 3. The van der Waals surface area contributed by atoms with Gasteiger partial charge in [-0.25, -0.2) is 0 Å². The summed E-state index contributed by atoms with van der Waals surface area (Å²) < 4.78 is 3.19. The van der Waals surface area contributed by atoms with Crippen LogP contribution in [0.3, 0.4) is 0 Å². The Balaban J connectivity index is 1.61. The summed E-state index contributed by atoms with van der Waals surface area (Å²) in [6.07, 6.45) is 0. The fraction of sp³-hybridized carbons (Fsp3) is 0.0455. The summed E-state index contributed by atoms with van der Waals surface area (Å²) in [5.74, 6) is 0.0630. The highest BCUT2D eigenvalue weighted by Gasteiger charge is 2.26. The summed E-state index contributed by atoms with van der Waals surface area (Å²) in [7, 11) is 0. The SMILES string of the molecule is O=C(c1ccccc1)[C@@H](Sc1nnc2sc3ccccc3n12)c1ccccc1. The van der Waals surface area contributed by atoms with Gasteiger partial charge in [0.25, 0.3) is 0 Å². The van der Waals surface area contributed by atoms with Crippen LogP contribution in [0, 0.1) is 0 Å². The van der Waals surface area contributed by atoms with Crippen LogP contribution in [0.15, 0.2) is 90.1 Å². The van der Waals surface area contributed by atoms with Crippen molar-refractivity contribution in [3.63, 3.8) is 0 Å². The number of fused-ring (bicyclic) bond motifs is 3. The maximum absolute atomic E-state index is 13.3. The number of Topliss-reactive ketones (excluding diaryl/α,β-unsaturated/α-hetero) is 1. The Kier molecular flexibility index (Phi) is 4.43. The molecule has 4 nitrogen and oxygen atoms in total. The van der Waals surface area contributed by atoms with E-state index in [1.807, 2.05) is 77.2 Å². The molecule has 0 saturated carbocycles. The molecule has 0 bridgehead atoms. The zero-order valence-corrected chi connectivity index (χ0v) is 16.4. The van der Waals surface area contributed by atoms with Crippen molar-refractivity contribution in [2.24, 2.45) is 0 Å². The predicted octanol–water partition coefficient (Wildman–Crippen LogP) is 5.66. The molecule has 2 aromatic heterocycles. The van der Waals surface area contributed by atoms with E-state index in [9.17, 15) is 4.79 Å². The average Bonchev–Trinajstić information content (AvgIpc) is 3.32. The van der Waals surface area contributed by atoms with E-state index < -0.39 is 5.25 Å². The molecule has 5 rings (SSSR count). The molecule has 0 spiro atoms. The lowest BCUT2D eigenvalue weighted by molar-refractivity contribution is 0.0989. The molecule has 0 radical (unpaired) electrons. The molecule has 3 aromatic carbocycles. The van der Waals surface area contributed by atoms with Crippen molar-refractivity contribution in [3.05, 3.63) is 96.1 Å². The first-order valence-electron chi connectivity index (χ1n) is 8.85. The van der Waals surface area contributed by atoms with Crippen LogP contribution in [0.5, 0.6) is 0 Å². The molecule has 0 unspecified atom stereocenters. The molecule has 0 saturated heterocycles. The molecule has 0 aliphatic rings. The molecule has 0 fully saturated rings. The molecule has 2 heterocycles. The lowest BCUT2D eigenvalue weighted by Gasteiger charge is -2.15. The number of carbonyl (C=O) groups is 1. The molecular formula is C22H15N3OS2. The third-order valence-corrected chi connectivity index (χ3v) is 6.74. The lowest BCUT2D eigenvalue weighted by Crippen LogP contribution is -2.10. The minimum Gasteiger partial charge on any atom is -0.293 e. The second-order valence-corrected chi connectivity index (χ2v) is 8.39. The van der Waals surface area contributed by atoms with Crippen LogP contribution >= 0.6 is 23.1 Å². The topological polar surface area (TPSA) is 47.3 Å². The van der Waals surface area contributed by atoms with Crippen molar-refractivity contribution in [1.82, 2.24) is 14.6 Å². The summed E-state index contributed by atoms with van der Waals surface area (Å²) in [6, 6.07) is 27.4. The van der Waals surface area contributed by atoms with Gasteiger partial charge in [0.2, 0.25) is 4.96 Å². The summed E-state index contributed by atoms with van der Waals surface area (Å²) >= 11 is 3.05. The molecular weight excluding hydrogens is 386 g/mol. The molecule has 1 atom stereocenters. The van der Waals surface area contributed by atoms with Crippen molar-refractivity contribution in [1.29, 1.82) is 0 Å². The van der Waals surface area contributed by atoms with Gasteiger partial charge < -0.3 is 0 Å². The van der Waals surface area contributed by atoms with Gasteiger partial charge in [-0.3, -0.25) is 9.20 Å². The number of rotatable bonds is 5. The Bertz CT molecular complexity index is 1260. The van der Waals surface area contributed by atoms with E-state index in [0.717, 1.165) is 25.9 Å². The summed E-state index contributed by atoms with van der Waals surface area (Å²) in [6.45, 7) is 0. The van der Waals surface area contributed by atoms with E-state index in [2.05, 4.69) is 22.3 Å². The van der Waals surface area contributed by atoms with Crippen LogP contribution in [0.25, 0.3) is 15.2 Å². The van der Waals surface area contributed by atoms with Crippen LogP contribution < -0.4 is 0 Å². The van der Waals surface area contributed by atoms with Gasteiger partial charge in [-0.05, 0) is 17.7 Å². The average molecular weight is 402 g/mol. The molecule has 28 heavy (non-hydrogen) atoms. The Labute approximate surface area is 169 Å². The van der Waals surface area contributed by atoms with E-state index in [4.69, 9.17) is 0 Å². The number of thiazole rings is 1. The van der Waals surface area contributed by atoms with Crippen LogP contribution in [0.4, 0.5) is 0 Å². The number of carbonyl (C=O) groups excluding carboxylic acids is 1. The number of benzene rings is 3. The molecule has 0 aliphatic heterocycles. The van der Waals surface area contributed by atoms with Crippen LogP contribution in [0.1, 0.15) is 21.2 Å².